The first-order chi connectivity index (χ1) is 8.02. The minimum atomic E-state index is -1.07. The Morgan fingerprint density at radius 1 is 1.12 bits per heavy atom. The zero-order chi connectivity index (χ0) is 12.5. The summed E-state index contributed by atoms with van der Waals surface area (Å²) in [5.74, 6) is 3.94. The maximum Gasteiger partial charge on any atom is 0.381 e. The van der Waals surface area contributed by atoms with E-state index >= 15 is 0 Å². The number of fused-ring (bicyclic) bond motifs is 3. The first-order valence-corrected chi connectivity index (χ1v) is 5.87. The van der Waals surface area contributed by atoms with Gasteiger partial charge in [-0.25, -0.2) is 4.79 Å². The Bertz CT molecular complexity index is 388. The minimum Gasteiger partial charge on any atom is -0.472 e. The lowest BCUT2D eigenvalue weighted by Crippen LogP contribution is -2.45. The van der Waals surface area contributed by atoms with Gasteiger partial charge < -0.3 is 9.84 Å². The van der Waals surface area contributed by atoms with Crippen molar-refractivity contribution in [2.24, 2.45) is 10.8 Å². The second-order valence-electron chi connectivity index (χ2n) is 5.11. The Hall–Kier alpha value is -1.50. The molecule has 1 N–H and O–H groups in total. The lowest BCUT2D eigenvalue weighted by Gasteiger charge is -2.49. The van der Waals surface area contributed by atoms with Gasteiger partial charge in [-0.05, 0) is 38.5 Å². The first kappa shape index (κ1) is 12.0. The summed E-state index contributed by atoms with van der Waals surface area (Å²) in [6.07, 6.45) is 4.74. The number of carbonyl (C=O) groups excluding carboxylic acids is 1. The lowest BCUT2D eigenvalue weighted by molar-refractivity contribution is -0.160. The van der Waals surface area contributed by atoms with Crippen LogP contribution in [0.5, 0.6) is 0 Å². The van der Waals surface area contributed by atoms with Gasteiger partial charge in [0, 0.05) is 11.3 Å². The highest BCUT2D eigenvalue weighted by Crippen LogP contribution is 2.56. The molecule has 0 aromatic heterocycles. The van der Waals surface area contributed by atoms with Gasteiger partial charge in [-0.1, -0.05) is 5.92 Å². The van der Waals surface area contributed by atoms with Gasteiger partial charge in [-0.15, -0.1) is 0 Å². The number of rotatable bonds is 1. The van der Waals surface area contributed by atoms with Crippen LogP contribution in [-0.2, 0) is 14.3 Å². The largest absolute Gasteiger partial charge is 0.472 e. The molecule has 0 aromatic carbocycles. The fourth-order valence-electron chi connectivity index (χ4n) is 3.08. The molecule has 0 heterocycles. The highest BCUT2D eigenvalue weighted by atomic mass is 16.5. The molecule has 0 saturated heterocycles. The molecule has 0 aromatic rings. The van der Waals surface area contributed by atoms with Crippen LogP contribution in [0.1, 0.15) is 38.5 Å². The Labute approximate surface area is 100 Å². The van der Waals surface area contributed by atoms with Crippen molar-refractivity contribution in [3.05, 3.63) is 0 Å². The number of carboxylic acid groups (broad SMARTS) is 1. The van der Waals surface area contributed by atoms with Crippen molar-refractivity contribution in [2.75, 3.05) is 7.11 Å². The number of hydrogen-bond donors (Lipinski definition) is 1. The third kappa shape index (κ3) is 2.02. The number of methoxy groups -OCH3 is 1. The molecule has 0 atom stereocenters. The van der Waals surface area contributed by atoms with Gasteiger partial charge in [-0.3, -0.25) is 4.79 Å². The van der Waals surface area contributed by atoms with Crippen molar-refractivity contribution in [3.63, 3.8) is 0 Å². The number of aliphatic carboxylic acids is 1. The molecule has 2 bridgehead atoms. The van der Waals surface area contributed by atoms with Crippen molar-refractivity contribution in [1.29, 1.82) is 0 Å². The van der Waals surface area contributed by atoms with Crippen molar-refractivity contribution in [1.82, 2.24) is 0 Å². The first-order valence-electron chi connectivity index (χ1n) is 5.87. The summed E-state index contributed by atoms with van der Waals surface area (Å²) in [5, 5.41) is 8.60. The molecule has 92 valence electrons. The highest BCUT2D eigenvalue weighted by molar-refractivity contribution is 5.86. The summed E-state index contributed by atoms with van der Waals surface area (Å²) in [5.41, 5.74) is -0.491. The summed E-state index contributed by atoms with van der Waals surface area (Å²) in [6, 6.07) is 0. The molecule has 3 fully saturated rings. The van der Waals surface area contributed by atoms with Crippen LogP contribution in [0, 0.1) is 22.7 Å². The average Bonchev–Trinajstić information content (AvgIpc) is 2.38. The van der Waals surface area contributed by atoms with E-state index in [9.17, 15) is 9.59 Å². The predicted molar refractivity (Wildman–Crippen MR) is 60.0 cm³/mol. The maximum absolute atomic E-state index is 11.8. The van der Waals surface area contributed by atoms with E-state index in [0.717, 1.165) is 38.5 Å². The van der Waals surface area contributed by atoms with Gasteiger partial charge >= 0.3 is 11.9 Å². The van der Waals surface area contributed by atoms with Crippen LogP contribution in [0.25, 0.3) is 0 Å². The van der Waals surface area contributed by atoms with Crippen LogP contribution in [-0.4, -0.2) is 24.2 Å². The third-order valence-electron chi connectivity index (χ3n) is 4.30. The fourth-order valence-corrected chi connectivity index (χ4v) is 3.08. The minimum absolute atomic E-state index is 0.114. The number of carboxylic acids is 1. The SMILES string of the molecule is COC(=O)C12CCC(C#CC(=O)O)(CC1)CC2. The van der Waals surface area contributed by atoms with Crippen LogP contribution >= 0.6 is 0 Å². The standard InChI is InChI=1S/C13H16O4/c1-17-11(16)13-7-4-12(5-8-13,6-9-13)3-2-10(14)15/h4-9H2,1H3,(H,14,15). The van der Waals surface area contributed by atoms with E-state index < -0.39 is 5.97 Å². The molecule has 4 heteroatoms. The Kier molecular flexibility index (Phi) is 2.86. The van der Waals surface area contributed by atoms with Crippen LogP contribution in [0.2, 0.25) is 0 Å². The topological polar surface area (TPSA) is 63.6 Å². The summed E-state index contributed by atoms with van der Waals surface area (Å²) >= 11 is 0. The van der Waals surface area contributed by atoms with Gasteiger partial charge in [0.25, 0.3) is 0 Å². The van der Waals surface area contributed by atoms with E-state index in [1.165, 1.54) is 7.11 Å². The molecule has 3 aliphatic carbocycles. The Morgan fingerprint density at radius 2 is 1.65 bits per heavy atom. The van der Waals surface area contributed by atoms with E-state index in [2.05, 4.69) is 11.8 Å². The molecular formula is C13H16O4. The van der Waals surface area contributed by atoms with Crippen molar-refractivity contribution < 1.29 is 19.4 Å². The lowest BCUT2D eigenvalue weighted by atomic mass is 9.54. The van der Waals surface area contributed by atoms with Gasteiger partial charge in [0.05, 0.1) is 12.5 Å². The van der Waals surface area contributed by atoms with Crippen LogP contribution < -0.4 is 0 Å². The zero-order valence-corrected chi connectivity index (χ0v) is 9.91. The zero-order valence-electron chi connectivity index (χ0n) is 9.91. The van der Waals surface area contributed by atoms with Crippen molar-refractivity contribution in [2.45, 2.75) is 38.5 Å². The molecule has 3 aliphatic rings. The number of esters is 1. The van der Waals surface area contributed by atoms with E-state index in [-0.39, 0.29) is 16.8 Å². The second-order valence-corrected chi connectivity index (χ2v) is 5.11. The molecule has 0 unspecified atom stereocenters. The molecule has 3 rings (SSSR count). The summed E-state index contributed by atoms with van der Waals surface area (Å²) in [4.78, 5) is 22.2. The molecule has 3 saturated carbocycles. The Morgan fingerprint density at radius 3 is 2.06 bits per heavy atom. The highest BCUT2D eigenvalue weighted by Gasteiger charge is 2.52. The molecule has 17 heavy (non-hydrogen) atoms. The smallest absolute Gasteiger partial charge is 0.381 e. The predicted octanol–water partition coefficient (Wildman–Crippen LogP) is 1.59. The normalized spacial score (nSPS) is 34.6. The van der Waals surface area contributed by atoms with Gasteiger partial charge in [0.1, 0.15) is 0 Å². The molecule has 0 radical (unpaired) electrons. The van der Waals surface area contributed by atoms with E-state index in [1.54, 1.807) is 0 Å². The molecular weight excluding hydrogens is 220 g/mol. The average molecular weight is 236 g/mol. The molecule has 0 aliphatic heterocycles. The van der Waals surface area contributed by atoms with Crippen LogP contribution in [0.4, 0.5) is 0 Å². The molecule has 4 nitrogen and oxygen atoms in total. The molecule has 0 amide bonds. The van der Waals surface area contributed by atoms with Gasteiger partial charge in [-0.2, -0.15) is 0 Å². The monoisotopic (exact) mass is 236 g/mol. The summed E-state index contributed by atoms with van der Waals surface area (Å²) < 4.78 is 4.87. The summed E-state index contributed by atoms with van der Waals surface area (Å²) in [6.45, 7) is 0. The quantitative estimate of drug-likeness (QED) is 0.554. The second kappa shape index (κ2) is 4.06. The van der Waals surface area contributed by atoms with Crippen LogP contribution in [0.3, 0.4) is 0 Å². The third-order valence-corrected chi connectivity index (χ3v) is 4.30. The molecule has 0 spiro atoms. The van der Waals surface area contributed by atoms with Gasteiger partial charge in [0.2, 0.25) is 0 Å². The number of carbonyl (C=O) groups is 2. The van der Waals surface area contributed by atoms with E-state index in [0.29, 0.717) is 0 Å². The van der Waals surface area contributed by atoms with Crippen molar-refractivity contribution >= 4 is 11.9 Å². The van der Waals surface area contributed by atoms with Crippen LogP contribution in [0.15, 0.2) is 0 Å². The van der Waals surface area contributed by atoms with Gasteiger partial charge in [0.15, 0.2) is 0 Å². The number of ether oxygens (including phenoxy) is 1. The number of hydrogen-bond acceptors (Lipinski definition) is 3. The van der Waals surface area contributed by atoms with E-state index in [4.69, 9.17) is 9.84 Å². The van der Waals surface area contributed by atoms with Crippen molar-refractivity contribution in [3.8, 4) is 11.8 Å². The van der Waals surface area contributed by atoms with E-state index in [1.807, 2.05) is 0 Å². The summed E-state index contributed by atoms with van der Waals surface area (Å²) in [7, 11) is 1.43. The fraction of sp³-hybridized carbons (Fsp3) is 0.692. The Balaban J connectivity index is 2.13. The maximum atomic E-state index is 11.8.